The molecule has 1 saturated carbocycles. The van der Waals surface area contributed by atoms with Gasteiger partial charge in [0.1, 0.15) is 5.82 Å². The Morgan fingerprint density at radius 1 is 1.32 bits per heavy atom. The Bertz CT molecular complexity index is 577. The van der Waals surface area contributed by atoms with Gasteiger partial charge in [0.15, 0.2) is 0 Å². The second-order valence-electron chi connectivity index (χ2n) is 6.67. The summed E-state index contributed by atoms with van der Waals surface area (Å²) in [5, 5.41) is 11.9. The van der Waals surface area contributed by atoms with Crippen LogP contribution in [0.15, 0.2) is 24.3 Å². The van der Waals surface area contributed by atoms with Crippen LogP contribution in [0.2, 0.25) is 0 Å². The summed E-state index contributed by atoms with van der Waals surface area (Å²) in [6.07, 6.45) is 3.14. The molecule has 0 atom stereocenters. The van der Waals surface area contributed by atoms with Crippen molar-refractivity contribution in [2.45, 2.75) is 44.9 Å². The second kappa shape index (κ2) is 6.07. The third-order valence-electron chi connectivity index (χ3n) is 4.54. The number of benzene rings is 1. The van der Waals surface area contributed by atoms with Crippen molar-refractivity contribution in [1.82, 2.24) is 5.32 Å². The van der Waals surface area contributed by atoms with Crippen molar-refractivity contribution >= 4 is 11.9 Å². The number of hydrogen-bond acceptors (Lipinski definition) is 2. The van der Waals surface area contributed by atoms with E-state index in [0.29, 0.717) is 18.4 Å². The average Bonchev–Trinajstić information content (AvgIpc) is 2.95. The predicted molar refractivity (Wildman–Crippen MR) is 81.0 cm³/mol. The van der Waals surface area contributed by atoms with Crippen LogP contribution >= 0.6 is 0 Å². The minimum atomic E-state index is -1.03. The number of aliphatic carboxylic acids is 1. The first kappa shape index (κ1) is 16.5. The molecule has 120 valence electrons. The van der Waals surface area contributed by atoms with Gasteiger partial charge >= 0.3 is 5.97 Å². The predicted octanol–water partition coefficient (Wildman–Crippen LogP) is 2.86. The van der Waals surface area contributed by atoms with E-state index in [1.165, 1.54) is 12.1 Å². The molecule has 1 aliphatic carbocycles. The first-order valence-corrected chi connectivity index (χ1v) is 7.56. The normalized spacial score (nSPS) is 17.2. The van der Waals surface area contributed by atoms with Crippen molar-refractivity contribution in [3.8, 4) is 0 Å². The molecular formula is C17H22FNO3. The molecule has 4 nitrogen and oxygen atoms in total. The SMILES string of the molecule is CC(C)(CNC(=O)C1(c2cccc(F)c2)CCCC1)C(=O)O. The smallest absolute Gasteiger partial charge is 0.310 e. The molecule has 22 heavy (non-hydrogen) atoms. The Morgan fingerprint density at radius 2 is 1.95 bits per heavy atom. The molecule has 1 aliphatic rings. The van der Waals surface area contributed by atoms with Gasteiger partial charge in [-0.25, -0.2) is 4.39 Å². The van der Waals surface area contributed by atoms with Crippen LogP contribution < -0.4 is 5.32 Å². The average molecular weight is 307 g/mol. The fourth-order valence-electron chi connectivity index (χ4n) is 2.96. The number of amides is 1. The molecule has 0 unspecified atom stereocenters. The maximum atomic E-state index is 13.5. The van der Waals surface area contributed by atoms with E-state index in [-0.39, 0.29) is 18.3 Å². The van der Waals surface area contributed by atoms with Gasteiger partial charge in [-0.05, 0) is 44.4 Å². The van der Waals surface area contributed by atoms with Crippen molar-refractivity contribution in [3.05, 3.63) is 35.6 Å². The maximum absolute atomic E-state index is 13.5. The zero-order valence-electron chi connectivity index (χ0n) is 13.0. The van der Waals surface area contributed by atoms with Gasteiger partial charge in [0.2, 0.25) is 5.91 Å². The third-order valence-corrected chi connectivity index (χ3v) is 4.54. The third kappa shape index (κ3) is 3.13. The van der Waals surface area contributed by atoms with E-state index >= 15 is 0 Å². The van der Waals surface area contributed by atoms with E-state index in [4.69, 9.17) is 5.11 Å². The van der Waals surface area contributed by atoms with Crippen LogP contribution in [0.1, 0.15) is 45.1 Å². The van der Waals surface area contributed by atoms with Crippen molar-refractivity contribution < 1.29 is 19.1 Å². The van der Waals surface area contributed by atoms with Crippen LogP contribution in [0, 0.1) is 11.2 Å². The number of carboxylic acids is 1. The van der Waals surface area contributed by atoms with E-state index in [9.17, 15) is 14.0 Å². The molecule has 1 aromatic carbocycles. The fraction of sp³-hybridized carbons (Fsp3) is 0.529. The molecule has 5 heteroatoms. The number of carbonyl (C=O) groups excluding carboxylic acids is 1. The Balaban J connectivity index is 2.21. The van der Waals surface area contributed by atoms with Gasteiger partial charge in [-0.2, -0.15) is 0 Å². The number of nitrogens with one attached hydrogen (secondary N) is 1. The van der Waals surface area contributed by atoms with Crippen molar-refractivity contribution in [2.24, 2.45) is 5.41 Å². The summed E-state index contributed by atoms with van der Waals surface area (Å²) in [5.41, 5.74) is -1.09. The second-order valence-corrected chi connectivity index (χ2v) is 6.67. The molecule has 0 saturated heterocycles. The zero-order chi connectivity index (χ0) is 16.4. The first-order chi connectivity index (χ1) is 10.3. The largest absolute Gasteiger partial charge is 0.481 e. The molecule has 1 fully saturated rings. The Morgan fingerprint density at radius 3 is 2.50 bits per heavy atom. The molecule has 0 aromatic heterocycles. The monoisotopic (exact) mass is 307 g/mol. The Kier molecular flexibility index (Phi) is 4.54. The Labute approximate surface area is 129 Å². The van der Waals surface area contributed by atoms with Gasteiger partial charge in [0.25, 0.3) is 0 Å². The number of halogens is 1. The number of rotatable bonds is 5. The summed E-state index contributed by atoms with van der Waals surface area (Å²) in [7, 11) is 0. The highest BCUT2D eigenvalue weighted by Crippen LogP contribution is 2.41. The van der Waals surface area contributed by atoms with Gasteiger partial charge in [-0.1, -0.05) is 25.0 Å². The topological polar surface area (TPSA) is 66.4 Å². The maximum Gasteiger partial charge on any atom is 0.310 e. The van der Waals surface area contributed by atoms with E-state index in [2.05, 4.69) is 5.32 Å². The first-order valence-electron chi connectivity index (χ1n) is 7.56. The molecule has 0 heterocycles. The van der Waals surface area contributed by atoms with Gasteiger partial charge in [0, 0.05) is 6.54 Å². The van der Waals surface area contributed by atoms with Crippen LogP contribution in [-0.2, 0) is 15.0 Å². The van der Waals surface area contributed by atoms with Crippen LogP contribution in [0.5, 0.6) is 0 Å². The molecule has 2 rings (SSSR count). The van der Waals surface area contributed by atoms with Crippen molar-refractivity contribution in [3.63, 3.8) is 0 Å². The van der Waals surface area contributed by atoms with Crippen molar-refractivity contribution in [2.75, 3.05) is 6.54 Å². The lowest BCUT2D eigenvalue weighted by Gasteiger charge is -2.30. The van der Waals surface area contributed by atoms with Crippen LogP contribution in [0.3, 0.4) is 0 Å². The van der Waals surface area contributed by atoms with E-state index in [0.717, 1.165) is 12.8 Å². The standard InChI is InChI=1S/C17H22FNO3/c1-16(2,15(21)22)11-19-14(20)17(8-3-4-9-17)12-6-5-7-13(18)10-12/h5-7,10H,3-4,8-9,11H2,1-2H3,(H,19,20)(H,21,22). The summed E-state index contributed by atoms with van der Waals surface area (Å²) in [6.45, 7) is 3.19. The van der Waals surface area contributed by atoms with E-state index in [1.54, 1.807) is 26.0 Å². The highest BCUT2D eigenvalue weighted by atomic mass is 19.1. The van der Waals surface area contributed by atoms with Gasteiger partial charge < -0.3 is 10.4 Å². The molecule has 0 radical (unpaired) electrons. The quantitative estimate of drug-likeness (QED) is 0.879. The highest BCUT2D eigenvalue weighted by molar-refractivity contribution is 5.89. The molecule has 0 aliphatic heterocycles. The summed E-state index contributed by atoms with van der Waals surface area (Å²) < 4.78 is 13.5. The summed E-state index contributed by atoms with van der Waals surface area (Å²) in [5.74, 6) is -1.52. The minimum absolute atomic E-state index is 0.0538. The highest BCUT2D eigenvalue weighted by Gasteiger charge is 2.43. The van der Waals surface area contributed by atoms with E-state index in [1.807, 2.05) is 0 Å². The van der Waals surface area contributed by atoms with Gasteiger partial charge in [-0.15, -0.1) is 0 Å². The molecule has 1 aromatic rings. The van der Waals surface area contributed by atoms with E-state index < -0.39 is 16.8 Å². The fourth-order valence-corrected chi connectivity index (χ4v) is 2.96. The minimum Gasteiger partial charge on any atom is -0.481 e. The summed E-state index contributed by atoms with van der Waals surface area (Å²) in [6, 6.07) is 6.15. The number of carbonyl (C=O) groups is 2. The Hall–Kier alpha value is -1.91. The van der Waals surface area contributed by atoms with Crippen LogP contribution in [-0.4, -0.2) is 23.5 Å². The number of hydrogen-bond donors (Lipinski definition) is 2. The molecular weight excluding hydrogens is 285 g/mol. The molecule has 1 amide bonds. The summed E-state index contributed by atoms with van der Waals surface area (Å²) >= 11 is 0. The molecule has 2 N–H and O–H groups in total. The van der Waals surface area contributed by atoms with Gasteiger partial charge in [0.05, 0.1) is 10.8 Å². The van der Waals surface area contributed by atoms with Crippen LogP contribution in [0.25, 0.3) is 0 Å². The van der Waals surface area contributed by atoms with Crippen molar-refractivity contribution in [1.29, 1.82) is 0 Å². The summed E-state index contributed by atoms with van der Waals surface area (Å²) in [4.78, 5) is 23.9. The number of carboxylic acid groups (broad SMARTS) is 1. The lowest BCUT2D eigenvalue weighted by molar-refractivity contribution is -0.147. The lowest BCUT2D eigenvalue weighted by Crippen LogP contribution is -2.47. The molecule has 0 bridgehead atoms. The zero-order valence-corrected chi connectivity index (χ0v) is 13.0. The molecule has 0 spiro atoms. The lowest BCUT2D eigenvalue weighted by atomic mass is 9.77. The van der Waals surface area contributed by atoms with Crippen LogP contribution in [0.4, 0.5) is 4.39 Å². The van der Waals surface area contributed by atoms with Gasteiger partial charge in [-0.3, -0.25) is 9.59 Å².